The quantitative estimate of drug-likeness (QED) is 0.785. The van der Waals surface area contributed by atoms with Crippen LogP contribution in [0.1, 0.15) is 34.1 Å². The number of hydrogen-bond acceptors (Lipinski definition) is 5. The van der Waals surface area contributed by atoms with Crippen LogP contribution < -0.4 is 5.32 Å². The van der Waals surface area contributed by atoms with Crippen molar-refractivity contribution >= 4 is 11.9 Å². The van der Waals surface area contributed by atoms with E-state index in [0.29, 0.717) is 11.1 Å². The molecule has 2 aromatic rings. The number of carbonyl (C=O) groups excluding carboxylic acids is 2. The average molecular weight is 373 g/mol. The van der Waals surface area contributed by atoms with Crippen LogP contribution in [0.15, 0.2) is 30.5 Å². The molecule has 1 N–H and O–H groups in total. The minimum atomic E-state index is -0.806. The van der Waals surface area contributed by atoms with E-state index in [0.717, 1.165) is 12.1 Å². The predicted molar refractivity (Wildman–Crippen MR) is 91.6 cm³/mol. The van der Waals surface area contributed by atoms with Gasteiger partial charge in [0.2, 0.25) is 0 Å². The summed E-state index contributed by atoms with van der Waals surface area (Å²) in [6, 6.07) is 6.35. The second-order valence-corrected chi connectivity index (χ2v) is 5.95. The maximum atomic E-state index is 13.6. The number of amides is 1. The maximum absolute atomic E-state index is 13.6. The van der Waals surface area contributed by atoms with E-state index in [1.807, 2.05) is 6.07 Å². The van der Waals surface area contributed by atoms with Crippen molar-refractivity contribution in [2.24, 2.45) is 0 Å². The van der Waals surface area contributed by atoms with E-state index in [1.54, 1.807) is 13.8 Å². The molecule has 1 heterocycles. The normalized spacial score (nSPS) is 11.4. The molecule has 0 aliphatic rings. The number of benzene rings is 1. The summed E-state index contributed by atoms with van der Waals surface area (Å²) >= 11 is 0. The van der Waals surface area contributed by atoms with Gasteiger partial charge in [0.1, 0.15) is 17.7 Å². The highest BCUT2D eigenvalue weighted by Crippen LogP contribution is 2.14. The van der Waals surface area contributed by atoms with Gasteiger partial charge in [0.15, 0.2) is 12.3 Å². The Morgan fingerprint density at radius 3 is 2.59 bits per heavy atom. The van der Waals surface area contributed by atoms with Crippen LogP contribution in [0.2, 0.25) is 0 Å². The summed E-state index contributed by atoms with van der Waals surface area (Å²) in [5.41, 5.74) is 0.627. The van der Waals surface area contributed by atoms with Crippen molar-refractivity contribution in [1.82, 2.24) is 10.3 Å². The van der Waals surface area contributed by atoms with Crippen molar-refractivity contribution in [2.45, 2.75) is 26.3 Å². The van der Waals surface area contributed by atoms with Crippen LogP contribution in [0.4, 0.5) is 8.78 Å². The summed E-state index contributed by atoms with van der Waals surface area (Å²) < 4.78 is 32.2. The molecule has 1 atom stereocenters. The second-order valence-electron chi connectivity index (χ2n) is 5.95. The van der Waals surface area contributed by atoms with E-state index in [2.05, 4.69) is 10.3 Å². The molecule has 0 aliphatic carbocycles. The second kappa shape index (κ2) is 8.85. The zero-order valence-corrected chi connectivity index (χ0v) is 14.8. The summed E-state index contributed by atoms with van der Waals surface area (Å²) in [6.45, 7) is 2.61. The number of nitrogens with zero attached hydrogens (tertiary/aromatic N) is 2. The number of halogens is 2. The van der Waals surface area contributed by atoms with Crippen LogP contribution in [-0.4, -0.2) is 29.5 Å². The lowest BCUT2D eigenvalue weighted by Gasteiger charge is -2.15. The number of ether oxygens (including phenoxy) is 1. The maximum Gasteiger partial charge on any atom is 0.357 e. The van der Waals surface area contributed by atoms with Crippen molar-refractivity contribution in [3.8, 4) is 6.07 Å². The number of nitrogens with one attached hydrogen (secondary N) is 1. The molecule has 1 amide bonds. The Labute approximate surface area is 154 Å². The van der Waals surface area contributed by atoms with Crippen LogP contribution in [0.5, 0.6) is 0 Å². The van der Waals surface area contributed by atoms with Gasteiger partial charge < -0.3 is 10.1 Å². The average Bonchev–Trinajstić information content (AvgIpc) is 2.62. The van der Waals surface area contributed by atoms with Gasteiger partial charge in [-0.3, -0.25) is 4.79 Å². The fourth-order valence-corrected chi connectivity index (χ4v) is 2.45. The van der Waals surface area contributed by atoms with E-state index < -0.39 is 36.2 Å². The van der Waals surface area contributed by atoms with Gasteiger partial charge in [-0.25, -0.2) is 18.6 Å². The van der Waals surface area contributed by atoms with Crippen molar-refractivity contribution < 1.29 is 23.1 Å². The highest BCUT2D eigenvalue weighted by Gasteiger charge is 2.17. The van der Waals surface area contributed by atoms with Crippen molar-refractivity contribution in [3.05, 3.63) is 64.5 Å². The summed E-state index contributed by atoms with van der Waals surface area (Å²) in [6.07, 6.45) is 1.18. The first kappa shape index (κ1) is 20.0. The van der Waals surface area contributed by atoms with Gasteiger partial charge in [0.25, 0.3) is 5.91 Å². The van der Waals surface area contributed by atoms with Gasteiger partial charge in [0.05, 0.1) is 5.56 Å². The Kier molecular flexibility index (Phi) is 6.55. The molecule has 0 aliphatic heterocycles. The summed E-state index contributed by atoms with van der Waals surface area (Å²) in [5, 5.41) is 11.3. The van der Waals surface area contributed by atoms with Gasteiger partial charge >= 0.3 is 5.97 Å². The Morgan fingerprint density at radius 2 is 2.00 bits per heavy atom. The van der Waals surface area contributed by atoms with Crippen LogP contribution in [0.25, 0.3) is 0 Å². The number of aryl methyl sites for hydroxylation is 1. The number of hydrogen-bond donors (Lipinski definition) is 1. The summed E-state index contributed by atoms with van der Waals surface area (Å²) in [4.78, 5) is 27.7. The predicted octanol–water partition coefficient (Wildman–Crippen LogP) is 2.44. The summed E-state index contributed by atoms with van der Waals surface area (Å²) in [7, 11) is 0. The first-order valence-corrected chi connectivity index (χ1v) is 8.08. The number of esters is 1. The van der Waals surface area contributed by atoms with E-state index in [9.17, 15) is 18.4 Å². The molecule has 0 saturated heterocycles. The Bertz CT molecular complexity index is 889. The minimum absolute atomic E-state index is 0.00303. The molecular weight excluding hydrogens is 356 g/mol. The zero-order valence-electron chi connectivity index (χ0n) is 14.8. The molecule has 8 heteroatoms. The lowest BCUT2D eigenvalue weighted by Crippen LogP contribution is -2.37. The van der Waals surface area contributed by atoms with Gasteiger partial charge in [-0.15, -0.1) is 0 Å². The topological polar surface area (TPSA) is 92.1 Å². The van der Waals surface area contributed by atoms with Crippen LogP contribution in [0, 0.1) is 29.9 Å². The highest BCUT2D eigenvalue weighted by molar-refractivity contribution is 5.90. The minimum Gasteiger partial charge on any atom is -0.451 e. The van der Waals surface area contributed by atoms with Crippen LogP contribution in [0.3, 0.4) is 0 Å². The van der Waals surface area contributed by atoms with E-state index in [1.165, 1.54) is 18.3 Å². The van der Waals surface area contributed by atoms with Gasteiger partial charge in [-0.1, -0.05) is 6.07 Å². The molecular formula is C19H17F2N3O3. The van der Waals surface area contributed by atoms with E-state index in [-0.39, 0.29) is 17.7 Å². The first-order valence-electron chi connectivity index (χ1n) is 8.08. The molecule has 27 heavy (non-hydrogen) atoms. The fourth-order valence-electron chi connectivity index (χ4n) is 2.45. The molecule has 0 spiro atoms. The van der Waals surface area contributed by atoms with Gasteiger partial charge in [0, 0.05) is 17.8 Å². The molecule has 1 aromatic carbocycles. The number of aromatic nitrogens is 1. The van der Waals surface area contributed by atoms with Gasteiger partial charge in [-0.2, -0.15) is 5.26 Å². The van der Waals surface area contributed by atoms with Crippen LogP contribution in [-0.2, 0) is 16.0 Å². The zero-order chi connectivity index (χ0) is 20.0. The monoisotopic (exact) mass is 373 g/mol. The molecule has 1 unspecified atom stereocenters. The summed E-state index contributed by atoms with van der Waals surface area (Å²) in [5.74, 6) is -2.80. The lowest BCUT2D eigenvalue weighted by atomic mass is 10.1. The molecule has 0 bridgehead atoms. The number of pyridine rings is 1. The Hall–Kier alpha value is -3.34. The molecule has 1 aromatic heterocycles. The standard InChI is InChI=1S/C19H17F2N3O3/c1-11-6-13(8-22)9-23-18(11)19(26)27-10-17(25)24-12(2)7-14-15(20)4-3-5-16(14)21/h3-6,9,12H,7,10H2,1-2H3,(H,24,25). The van der Waals surface area contributed by atoms with E-state index >= 15 is 0 Å². The van der Waals surface area contributed by atoms with Crippen molar-refractivity contribution in [1.29, 1.82) is 5.26 Å². The third kappa shape index (κ3) is 5.31. The third-order valence-corrected chi connectivity index (χ3v) is 3.71. The SMILES string of the molecule is Cc1cc(C#N)cnc1C(=O)OCC(=O)NC(C)Cc1c(F)cccc1F. The van der Waals surface area contributed by atoms with Gasteiger partial charge in [-0.05, 0) is 44.0 Å². The molecule has 0 saturated carbocycles. The number of rotatable bonds is 6. The third-order valence-electron chi connectivity index (χ3n) is 3.71. The largest absolute Gasteiger partial charge is 0.451 e. The number of nitriles is 1. The molecule has 6 nitrogen and oxygen atoms in total. The fraction of sp³-hybridized carbons (Fsp3) is 0.263. The van der Waals surface area contributed by atoms with E-state index in [4.69, 9.17) is 10.00 Å². The highest BCUT2D eigenvalue weighted by atomic mass is 19.1. The molecule has 140 valence electrons. The Morgan fingerprint density at radius 1 is 1.33 bits per heavy atom. The first-order chi connectivity index (χ1) is 12.8. The van der Waals surface area contributed by atoms with Crippen LogP contribution >= 0.6 is 0 Å². The number of carbonyl (C=O) groups is 2. The molecule has 0 fully saturated rings. The lowest BCUT2D eigenvalue weighted by molar-refractivity contribution is -0.124. The smallest absolute Gasteiger partial charge is 0.357 e. The molecule has 0 radical (unpaired) electrons. The van der Waals surface area contributed by atoms with Crippen molar-refractivity contribution in [3.63, 3.8) is 0 Å². The Balaban J connectivity index is 1.88. The van der Waals surface area contributed by atoms with Crippen molar-refractivity contribution in [2.75, 3.05) is 6.61 Å². The molecule has 2 rings (SSSR count).